The summed E-state index contributed by atoms with van der Waals surface area (Å²) >= 11 is 0. The molecule has 126 valence electrons. The maximum absolute atomic E-state index is 12.2. The fraction of sp³-hybridized carbons (Fsp3) is 0.529. The fourth-order valence-corrected chi connectivity index (χ4v) is 2.67. The van der Waals surface area contributed by atoms with Crippen molar-refractivity contribution >= 4 is 17.5 Å². The van der Waals surface area contributed by atoms with Crippen molar-refractivity contribution in [1.29, 1.82) is 5.26 Å². The smallest absolute Gasteiger partial charge is 0.410 e. The van der Waals surface area contributed by atoms with E-state index in [-0.39, 0.29) is 31.6 Å². The predicted molar refractivity (Wildman–Crippen MR) is 90.2 cm³/mol. The van der Waals surface area contributed by atoms with Gasteiger partial charge in [-0.05, 0) is 45.9 Å². The number of rotatable bonds is 1. The van der Waals surface area contributed by atoms with E-state index in [2.05, 4.69) is 11.0 Å². The zero-order valence-electron chi connectivity index (χ0n) is 14.9. The van der Waals surface area contributed by atoms with Crippen LogP contribution in [0, 0.1) is 11.3 Å². The number of nitrogen functional groups attached to an aromatic ring is 1. The van der Waals surface area contributed by atoms with Crippen molar-refractivity contribution in [3.8, 4) is 6.07 Å². The molecule has 0 radical (unpaired) electrons. The zero-order chi connectivity index (χ0) is 17.2. The van der Waals surface area contributed by atoms with E-state index < -0.39 is 5.60 Å². The van der Waals surface area contributed by atoms with Crippen LogP contribution in [0.1, 0.15) is 33.3 Å². The number of nitriles is 1. The van der Waals surface area contributed by atoms with E-state index in [1.54, 1.807) is 23.1 Å². The molecule has 7 heteroatoms. The summed E-state index contributed by atoms with van der Waals surface area (Å²) in [5, 5.41) is 9.06. The summed E-state index contributed by atoms with van der Waals surface area (Å²) < 4.78 is 5.43. The number of ether oxygens (including phenoxy) is 1. The van der Waals surface area contributed by atoms with Crippen LogP contribution in [0.3, 0.4) is 0 Å². The molecule has 1 saturated heterocycles. The minimum atomic E-state index is -0.497. The molecule has 24 heavy (non-hydrogen) atoms. The number of nitrogens with zero attached hydrogens (tertiary/aromatic N) is 3. The molecule has 2 N–H and O–H groups in total. The number of carbonyl (C=O) groups is 1. The Morgan fingerprint density at radius 3 is 2.58 bits per heavy atom. The second kappa shape index (κ2) is 7.85. The largest absolute Gasteiger partial charge is 0.444 e. The number of piperazine rings is 1. The molecule has 0 aromatic heterocycles. The second-order valence-corrected chi connectivity index (χ2v) is 6.85. The maximum atomic E-state index is 12.2. The molecule has 0 bridgehead atoms. The van der Waals surface area contributed by atoms with Gasteiger partial charge in [0.15, 0.2) is 0 Å². The van der Waals surface area contributed by atoms with Crippen molar-refractivity contribution < 1.29 is 29.0 Å². The van der Waals surface area contributed by atoms with Crippen molar-refractivity contribution in [1.82, 2.24) is 4.90 Å². The Kier molecular flexibility index (Phi) is 6.62. The maximum Gasteiger partial charge on any atom is 0.410 e. The Balaban J connectivity index is 0.00000288. The SMILES string of the molecule is C[C@H]1CN(C(=O)OC(C)(C)C)CCN1c1cc(C#N)ccc1N.[Zn]. The number of hydrogen-bond acceptors (Lipinski definition) is 5. The average molecular weight is 382 g/mol. The first-order chi connectivity index (χ1) is 10.7. The third-order valence-corrected chi connectivity index (χ3v) is 3.75. The Bertz CT molecular complexity index is 636. The number of anilines is 2. The minimum absolute atomic E-state index is 0. The molecule has 2 rings (SSSR count). The summed E-state index contributed by atoms with van der Waals surface area (Å²) in [6.07, 6.45) is -0.289. The molecule has 0 saturated carbocycles. The van der Waals surface area contributed by atoms with E-state index in [0.717, 1.165) is 5.69 Å². The van der Waals surface area contributed by atoms with Gasteiger partial charge in [0.1, 0.15) is 5.60 Å². The normalized spacial score (nSPS) is 17.7. The van der Waals surface area contributed by atoms with Crippen LogP contribution in [-0.4, -0.2) is 42.3 Å². The molecule has 0 unspecified atom stereocenters. The van der Waals surface area contributed by atoms with Gasteiger partial charge in [-0.25, -0.2) is 4.79 Å². The van der Waals surface area contributed by atoms with Gasteiger partial charge in [0.2, 0.25) is 0 Å². The molecule has 1 aliphatic rings. The van der Waals surface area contributed by atoms with Crippen molar-refractivity contribution in [3.05, 3.63) is 23.8 Å². The Morgan fingerprint density at radius 1 is 1.38 bits per heavy atom. The molecule has 1 aromatic rings. The van der Waals surface area contributed by atoms with E-state index in [1.165, 1.54) is 0 Å². The summed E-state index contributed by atoms with van der Waals surface area (Å²) in [7, 11) is 0. The van der Waals surface area contributed by atoms with Gasteiger partial charge in [0.05, 0.1) is 23.0 Å². The van der Waals surface area contributed by atoms with Crippen LogP contribution in [0.2, 0.25) is 0 Å². The average Bonchev–Trinajstić information content (AvgIpc) is 2.46. The van der Waals surface area contributed by atoms with Crippen molar-refractivity contribution in [2.75, 3.05) is 30.3 Å². The first kappa shape index (κ1) is 20.2. The molecular formula is C17H24N4O2Zn. The van der Waals surface area contributed by atoms with Crippen LogP contribution in [0.25, 0.3) is 0 Å². The van der Waals surface area contributed by atoms with Gasteiger partial charge in [-0.15, -0.1) is 0 Å². The molecule has 1 aromatic carbocycles. The topological polar surface area (TPSA) is 82.6 Å². The minimum Gasteiger partial charge on any atom is -0.444 e. The summed E-state index contributed by atoms with van der Waals surface area (Å²) in [5.74, 6) is 0. The van der Waals surface area contributed by atoms with E-state index in [1.807, 2.05) is 27.7 Å². The molecule has 1 atom stereocenters. The standard InChI is InChI=1S/C17H24N4O2.Zn/c1-12-11-20(16(22)23-17(2,3)4)7-8-21(12)15-9-13(10-18)5-6-14(15)19;/h5-6,9,12H,7-8,11,19H2,1-4H3;/t12-;/m0./s1. The van der Waals surface area contributed by atoms with Crippen LogP contribution in [0.15, 0.2) is 18.2 Å². The van der Waals surface area contributed by atoms with Gasteiger partial charge >= 0.3 is 6.09 Å². The first-order valence-electron chi connectivity index (χ1n) is 7.75. The molecule has 1 heterocycles. The van der Waals surface area contributed by atoms with Gasteiger partial charge in [-0.2, -0.15) is 5.26 Å². The van der Waals surface area contributed by atoms with Gasteiger partial charge in [-0.1, -0.05) is 0 Å². The van der Waals surface area contributed by atoms with Gasteiger partial charge in [0.25, 0.3) is 0 Å². The van der Waals surface area contributed by atoms with Crippen LogP contribution < -0.4 is 10.6 Å². The monoisotopic (exact) mass is 380 g/mol. The molecule has 1 fully saturated rings. The van der Waals surface area contributed by atoms with Gasteiger partial charge < -0.3 is 20.3 Å². The van der Waals surface area contributed by atoms with E-state index >= 15 is 0 Å². The summed E-state index contributed by atoms with van der Waals surface area (Å²) in [6.45, 7) is 9.39. The third kappa shape index (κ3) is 4.85. The van der Waals surface area contributed by atoms with Crippen LogP contribution in [0.4, 0.5) is 16.2 Å². The number of benzene rings is 1. The Morgan fingerprint density at radius 2 is 2.04 bits per heavy atom. The second-order valence-electron chi connectivity index (χ2n) is 6.85. The third-order valence-electron chi connectivity index (χ3n) is 3.75. The predicted octanol–water partition coefficient (Wildman–Crippen LogP) is 2.58. The number of nitrogens with two attached hydrogens (primary N) is 1. The molecule has 1 amide bonds. The van der Waals surface area contributed by atoms with Crippen molar-refractivity contribution in [2.24, 2.45) is 0 Å². The summed E-state index contributed by atoms with van der Waals surface area (Å²) in [4.78, 5) is 16.0. The van der Waals surface area contributed by atoms with Crippen molar-refractivity contribution in [2.45, 2.75) is 39.3 Å². The number of amides is 1. The Labute approximate surface area is 156 Å². The van der Waals surface area contributed by atoms with Gasteiger partial charge in [-0.3, -0.25) is 0 Å². The van der Waals surface area contributed by atoms with Gasteiger partial charge in [0, 0.05) is 45.2 Å². The van der Waals surface area contributed by atoms with E-state index in [9.17, 15) is 4.79 Å². The molecule has 0 aliphatic carbocycles. The van der Waals surface area contributed by atoms with Crippen LogP contribution >= 0.6 is 0 Å². The van der Waals surface area contributed by atoms with Crippen molar-refractivity contribution in [3.63, 3.8) is 0 Å². The zero-order valence-corrected chi connectivity index (χ0v) is 17.8. The fourth-order valence-electron chi connectivity index (χ4n) is 2.67. The first-order valence-corrected chi connectivity index (χ1v) is 7.75. The van der Waals surface area contributed by atoms with E-state index in [4.69, 9.17) is 15.7 Å². The quantitative estimate of drug-likeness (QED) is 0.597. The molecule has 1 aliphatic heterocycles. The van der Waals surface area contributed by atoms with E-state index in [0.29, 0.717) is 30.9 Å². The summed E-state index contributed by atoms with van der Waals surface area (Å²) in [5.41, 5.74) is 7.63. The molecule has 6 nitrogen and oxygen atoms in total. The number of carbonyl (C=O) groups excluding carboxylic acids is 1. The van der Waals surface area contributed by atoms with Crippen LogP contribution in [0.5, 0.6) is 0 Å². The molecular weight excluding hydrogens is 358 g/mol. The summed E-state index contributed by atoms with van der Waals surface area (Å²) in [6, 6.07) is 7.48. The number of hydrogen-bond donors (Lipinski definition) is 1. The molecule has 0 spiro atoms. The Hall–Kier alpha value is -1.80. The van der Waals surface area contributed by atoms with Crippen LogP contribution in [-0.2, 0) is 24.2 Å².